The molecule has 1 heterocycles. The molecule has 0 atom stereocenters. The van der Waals surface area contributed by atoms with Gasteiger partial charge in [-0.3, -0.25) is 0 Å². The fourth-order valence-electron chi connectivity index (χ4n) is 3.68. The molecule has 2 aromatic rings. The fourth-order valence-corrected chi connectivity index (χ4v) is 4.93. The fraction of sp³-hybridized carbons (Fsp3) is 0.435. The molecule has 1 N–H and O–H groups in total. The molecule has 0 bridgehead atoms. The van der Waals surface area contributed by atoms with E-state index in [1.54, 1.807) is 6.07 Å². The second kappa shape index (κ2) is 8.58. The Morgan fingerprint density at radius 1 is 1.07 bits per heavy atom. The molecule has 0 aliphatic carbocycles. The summed E-state index contributed by atoms with van der Waals surface area (Å²) in [5.41, 5.74) is 5.19. The van der Waals surface area contributed by atoms with Gasteiger partial charge in [0.15, 0.2) is 0 Å². The molecular weight excluding hydrogens is 372 g/mol. The van der Waals surface area contributed by atoms with E-state index < -0.39 is 5.60 Å². The Bertz CT molecular complexity index is 846. The van der Waals surface area contributed by atoms with Crippen LogP contribution in [0.15, 0.2) is 30.3 Å². The number of aliphatic hydroxyl groups is 1. The van der Waals surface area contributed by atoms with Gasteiger partial charge in [-0.2, -0.15) is 11.8 Å². The van der Waals surface area contributed by atoms with E-state index in [0.717, 1.165) is 57.9 Å². The zero-order chi connectivity index (χ0) is 20.3. The van der Waals surface area contributed by atoms with E-state index >= 15 is 0 Å². The Morgan fingerprint density at radius 2 is 1.71 bits per heavy atom. The number of hydrogen-bond donors (Lipinski definition) is 1. The van der Waals surface area contributed by atoms with Crippen LogP contribution >= 0.6 is 11.8 Å². The summed E-state index contributed by atoms with van der Waals surface area (Å²) in [7, 11) is 1.39. The first-order valence-electron chi connectivity index (χ1n) is 9.56. The summed E-state index contributed by atoms with van der Waals surface area (Å²) >= 11 is 1.88. The summed E-state index contributed by atoms with van der Waals surface area (Å²) in [5, 5.41) is 10.7. The highest BCUT2D eigenvalue weighted by atomic mass is 32.2. The molecule has 5 heteroatoms. The molecule has 1 saturated heterocycles. The maximum Gasteiger partial charge on any atom is 0.337 e. The van der Waals surface area contributed by atoms with Crippen molar-refractivity contribution in [2.24, 2.45) is 0 Å². The second-order valence-corrected chi connectivity index (χ2v) is 8.80. The molecular formula is C23H28O4S. The molecule has 4 nitrogen and oxygen atoms in total. The van der Waals surface area contributed by atoms with E-state index in [2.05, 4.69) is 0 Å². The highest BCUT2D eigenvalue weighted by molar-refractivity contribution is 7.99. The Morgan fingerprint density at radius 3 is 2.32 bits per heavy atom. The molecule has 1 aliphatic rings. The average molecular weight is 401 g/mol. The highest BCUT2D eigenvalue weighted by Gasteiger charge is 2.30. The third kappa shape index (κ3) is 4.53. The average Bonchev–Trinajstić information content (AvgIpc) is 2.67. The molecule has 0 radical (unpaired) electrons. The van der Waals surface area contributed by atoms with Gasteiger partial charge in [0.2, 0.25) is 0 Å². The van der Waals surface area contributed by atoms with Crippen LogP contribution in [0.5, 0.6) is 5.75 Å². The first-order valence-corrected chi connectivity index (χ1v) is 10.7. The Hall–Kier alpha value is -1.98. The Balaban J connectivity index is 1.87. The number of rotatable bonds is 5. The number of carbonyl (C=O) groups is 1. The number of methoxy groups -OCH3 is 1. The van der Waals surface area contributed by atoms with Gasteiger partial charge in [-0.1, -0.05) is 6.07 Å². The summed E-state index contributed by atoms with van der Waals surface area (Å²) in [6.07, 6.45) is 1.54. The quantitative estimate of drug-likeness (QED) is 0.737. The standard InChI is InChI=1S/C23H28O4S/c1-15-5-6-18(22(24)26-4)13-20(15)21-16(2)11-19(12-17(21)3)27-14-23(25)7-9-28-10-8-23/h5-6,11-13,25H,7-10,14H2,1-4H3. The van der Waals surface area contributed by atoms with Gasteiger partial charge in [0.1, 0.15) is 18.0 Å². The SMILES string of the molecule is COC(=O)c1ccc(C)c(-c2c(C)cc(OCC3(O)CCSCC3)cc2C)c1. The molecule has 0 aromatic heterocycles. The minimum absolute atomic E-state index is 0.322. The first-order chi connectivity index (χ1) is 13.3. The van der Waals surface area contributed by atoms with Gasteiger partial charge in [-0.05, 0) is 97.2 Å². The van der Waals surface area contributed by atoms with E-state index in [4.69, 9.17) is 9.47 Å². The van der Waals surface area contributed by atoms with E-state index in [-0.39, 0.29) is 5.97 Å². The number of benzene rings is 2. The Kier molecular flexibility index (Phi) is 6.36. The lowest BCUT2D eigenvalue weighted by Gasteiger charge is -2.31. The third-order valence-electron chi connectivity index (χ3n) is 5.37. The molecule has 0 amide bonds. The predicted molar refractivity (Wildman–Crippen MR) is 114 cm³/mol. The molecule has 3 rings (SSSR count). The molecule has 0 spiro atoms. The van der Waals surface area contributed by atoms with Crippen molar-refractivity contribution >= 4 is 17.7 Å². The van der Waals surface area contributed by atoms with Crippen LogP contribution in [0.4, 0.5) is 0 Å². The number of thioether (sulfide) groups is 1. The minimum Gasteiger partial charge on any atom is -0.491 e. The van der Waals surface area contributed by atoms with Gasteiger partial charge < -0.3 is 14.6 Å². The van der Waals surface area contributed by atoms with Crippen LogP contribution in [0.3, 0.4) is 0 Å². The molecule has 150 valence electrons. The van der Waals surface area contributed by atoms with Gasteiger partial charge in [0.05, 0.1) is 12.7 Å². The monoisotopic (exact) mass is 400 g/mol. The van der Waals surface area contributed by atoms with Crippen molar-refractivity contribution in [3.8, 4) is 16.9 Å². The van der Waals surface area contributed by atoms with Gasteiger partial charge >= 0.3 is 5.97 Å². The molecule has 2 aromatic carbocycles. The van der Waals surface area contributed by atoms with Crippen LogP contribution < -0.4 is 4.74 Å². The summed E-state index contributed by atoms with van der Waals surface area (Å²) in [6.45, 7) is 6.45. The van der Waals surface area contributed by atoms with Crippen LogP contribution in [0.2, 0.25) is 0 Å². The van der Waals surface area contributed by atoms with Gasteiger partial charge in [0, 0.05) is 0 Å². The summed E-state index contributed by atoms with van der Waals surface area (Å²) < 4.78 is 10.8. The van der Waals surface area contributed by atoms with Crippen LogP contribution in [-0.2, 0) is 4.74 Å². The van der Waals surface area contributed by atoms with Crippen LogP contribution in [0.1, 0.15) is 39.9 Å². The number of ether oxygens (including phenoxy) is 2. The molecule has 0 unspecified atom stereocenters. The van der Waals surface area contributed by atoms with Crippen molar-refractivity contribution in [2.75, 3.05) is 25.2 Å². The smallest absolute Gasteiger partial charge is 0.337 e. The number of esters is 1. The Labute approximate surface area is 171 Å². The van der Waals surface area contributed by atoms with Crippen molar-refractivity contribution in [2.45, 2.75) is 39.2 Å². The topological polar surface area (TPSA) is 55.8 Å². The highest BCUT2D eigenvalue weighted by Crippen LogP contribution is 2.34. The summed E-state index contributed by atoms with van der Waals surface area (Å²) in [6, 6.07) is 9.64. The predicted octanol–water partition coefficient (Wildman–Crippen LogP) is 4.70. The molecule has 1 aliphatic heterocycles. The second-order valence-electron chi connectivity index (χ2n) is 7.58. The van der Waals surface area contributed by atoms with Gasteiger partial charge in [-0.15, -0.1) is 0 Å². The molecule has 28 heavy (non-hydrogen) atoms. The van der Waals surface area contributed by atoms with Crippen molar-refractivity contribution in [3.05, 3.63) is 52.6 Å². The van der Waals surface area contributed by atoms with Crippen molar-refractivity contribution < 1.29 is 19.4 Å². The maximum atomic E-state index is 11.9. The number of carbonyl (C=O) groups excluding carboxylic acids is 1. The third-order valence-corrected chi connectivity index (χ3v) is 6.35. The molecule has 1 fully saturated rings. The normalized spacial score (nSPS) is 15.9. The van der Waals surface area contributed by atoms with Crippen molar-refractivity contribution in [1.82, 2.24) is 0 Å². The van der Waals surface area contributed by atoms with Crippen LogP contribution in [-0.4, -0.2) is 41.9 Å². The lowest BCUT2D eigenvalue weighted by atomic mass is 9.91. The lowest BCUT2D eigenvalue weighted by Crippen LogP contribution is -2.39. The van der Waals surface area contributed by atoms with Crippen LogP contribution in [0.25, 0.3) is 11.1 Å². The van der Waals surface area contributed by atoms with E-state index in [1.807, 2.05) is 56.8 Å². The van der Waals surface area contributed by atoms with Crippen molar-refractivity contribution in [3.63, 3.8) is 0 Å². The van der Waals surface area contributed by atoms with E-state index in [1.165, 1.54) is 7.11 Å². The van der Waals surface area contributed by atoms with Crippen LogP contribution in [0, 0.1) is 20.8 Å². The number of hydrogen-bond acceptors (Lipinski definition) is 5. The summed E-state index contributed by atoms with van der Waals surface area (Å²) in [4.78, 5) is 11.9. The molecule has 0 saturated carbocycles. The number of aryl methyl sites for hydroxylation is 3. The lowest BCUT2D eigenvalue weighted by molar-refractivity contribution is -0.0115. The maximum absolute atomic E-state index is 11.9. The van der Waals surface area contributed by atoms with Crippen molar-refractivity contribution in [1.29, 1.82) is 0 Å². The largest absolute Gasteiger partial charge is 0.491 e. The minimum atomic E-state index is -0.725. The van der Waals surface area contributed by atoms with E-state index in [0.29, 0.717) is 12.2 Å². The zero-order valence-corrected chi connectivity index (χ0v) is 17.8. The zero-order valence-electron chi connectivity index (χ0n) is 17.0. The first kappa shape index (κ1) is 20.7. The van der Waals surface area contributed by atoms with Gasteiger partial charge in [-0.25, -0.2) is 4.79 Å². The van der Waals surface area contributed by atoms with E-state index in [9.17, 15) is 9.90 Å². The van der Waals surface area contributed by atoms with Gasteiger partial charge in [0.25, 0.3) is 0 Å². The summed E-state index contributed by atoms with van der Waals surface area (Å²) in [5.74, 6) is 2.39.